The molecule has 1 aliphatic heterocycles. The first-order valence-corrected chi connectivity index (χ1v) is 20.2. The molecule has 0 bridgehead atoms. The van der Waals surface area contributed by atoms with Crippen molar-refractivity contribution in [2.75, 3.05) is 0 Å². The molecule has 9 aromatic carbocycles. The first-order valence-electron chi connectivity index (χ1n) is 19.4. The Labute approximate surface area is 327 Å². The minimum absolute atomic E-state index is 0.442. The Balaban J connectivity index is 1.14. The molecule has 0 fully saturated rings. The summed E-state index contributed by atoms with van der Waals surface area (Å²) in [6, 6.07) is 72.4. The molecule has 3 heteroatoms. The van der Waals surface area contributed by atoms with Gasteiger partial charge in [0.1, 0.15) is 0 Å². The molecule has 0 radical (unpaired) electrons. The lowest BCUT2D eigenvalue weighted by molar-refractivity contribution is 0.724. The summed E-state index contributed by atoms with van der Waals surface area (Å²) in [6.45, 7) is 0. The van der Waals surface area contributed by atoms with Crippen LogP contribution in [0.25, 0.3) is 76.9 Å². The fourth-order valence-corrected chi connectivity index (χ4v) is 11.7. The zero-order valence-corrected chi connectivity index (χ0v) is 31.1. The third-order valence-electron chi connectivity index (χ3n) is 12.6. The maximum Gasteiger partial charge on any atom is 0.0736 e. The average molecular weight is 729 g/mol. The van der Waals surface area contributed by atoms with Crippen molar-refractivity contribution in [3.63, 3.8) is 0 Å². The maximum atomic E-state index is 2.55. The van der Waals surface area contributed by atoms with Gasteiger partial charge in [-0.15, -0.1) is 0 Å². The van der Waals surface area contributed by atoms with Gasteiger partial charge >= 0.3 is 0 Å². The smallest absolute Gasteiger partial charge is 0.0736 e. The molecule has 0 amide bonds. The number of aromatic nitrogens is 2. The highest BCUT2D eigenvalue weighted by Gasteiger charge is 2.50. The lowest BCUT2D eigenvalue weighted by Gasteiger charge is -2.40. The molecule has 56 heavy (non-hydrogen) atoms. The van der Waals surface area contributed by atoms with Crippen LogP contribution in [0.15, 0.2) is 204 Å². The van der Waals surface area contributed by atoms with Gasteiger partial charge < -0.3 is 9.13 Å². The van der Waals surface area contributed by atoms with Crippen LogP contribution < -0.4 is 0 Å². The van der Waals surface area contributed by atoms with Gasteiger partial charge in [-0.3, -0.25) is 0 Å². The minimum Gasteiger partial charge on any atom is -0.309 e. The molecule has 3 heterocycles. The summed E-state index contributed by atoms with van der Waals surface area (Å²) in [5.41, 5.74) is 14.9. The van der Waals surface area contributed by atoms with E-state index in [0.29, 0.717) is 0 Å². The van der Waals surface area contributed by atoms with Crippen molar-refractivity contribution in [2.24, 2.45) is 0 Å². The van der Waals surface area contributed by atoms with Crippen LogP contribution in [0.5, 0.6) is 0 Å². The Hall–Kier alpha value is -6.81. The number of para-hydroxylation sites is 2. The van der Waals surface area contributed by atoms with E-state index in [-0.39, 0.29) is 0 Å². The summed E-state index contributed by atoms with van der Waals surface area (Å²) in [5, 5.41) is 7.66. The van der Waals surface area contributed by atoms with Gasteiger partial charge in [0, 0.05) is 42.7 Å². The van der Waals surface area contributed by atoms with Crippen molar-refractivity contribution in [3.05, 3.63) is 216 Å². The molecule has 0 atom stereocenters. The number of hydrogen-bond donors (Lipinski definition) is 0. The Morgan fingerprint density at radius 1 is 0.357 bits per heavy atom. The standard InChI is InChI=1S/C53H32N2S/c1-2-14-36-33(13-1)25-32-48-50(36)41-30-31-45-52(56-49-24-12-9-21-44(49)53(45)42-19-7-3-15-37(42)38-16-4-8-20-43(38)53)51(41)55(48)35-28-26-34(27-29-35)54-46-22-10-5-17-39(46)40-18-6-11-23-47(40)54/h1-32H. The fraction of sp³-hybridized carbons (Fsp3) is 0.0189. The van der Waals surface area contributed by atoms with Crippen LogP contribution >= 0.6 is 11.8 Å². The molecule has 1 aliphatic carbocycles. The van der Waals surface area contributed by atoms with E-state index >= 15 is 0 Å². The van der Waals surface area contributed by atoms with Crippen LogP contribution in [0.1, 0.15) is 22.3 Å². The molecule has 2 nitrogen and oxygen atoms in total. The average Bonchev–Trinajstić information content (AvgIpc) is 3.89. The highest BCUT2D eigenvalue weighted by atomic mass is 32.2. The fourth-order valence-electron chi connectivity index (χ4n) is 10.4. The van der Waals surface area contributed by atoms with Gasteiger partial charge in [-0.05, 0) is 92.7 Å². The number of benzene rings is 9. The third kappa shape index (κ3) is 3.78. The molecular weight excluding hydrogens is 697 g/mol. The molecule has 260 valence electrons. The van der Waals surface area contributed by atoms with Gasteiger partial charge in [0.05, 0.1) is 27.5 Å². The largest absolute Gasteiger partial charge is 0.309 e. The monoisotopic (exact) mass is 728 g/mol. The molecule has 11 aromatic rings. The number of fused-ring (bicyclic) bond motifs is 18. The summed E-state index contributed by atoms with van der Waals surface area (Å²) in [7, 11) is 0. The van der Waals surface area contributed by atoms with Crippen LogP contribution in [-0.2, 0) is 5.41 Å². The second kappa shape index (κ2) is 11.1. The van der Waals surface area contributed by atoms with E-state index in [1.54, 1.807) is 0 Å². The third-order valence-corrected chi connectivity index (χ3v) is 13.8. The van der Waals surface area contributed by atoms with Gasteiger partial charge in [-0.1, -0.05) is 157 Å². The van der Waals surface area contributed by atoms with Gasteiger partial charge in [-0.2, -0.15) is 0 Å². The Kier molecular flexibility index (Phi) is 6.06. The molecule has 0 N–H and O–H groups in total. The quantitative estimate of drug-likeness (QED) is 0.172. The van der Waals surface area contributed by atoms with Gasteiger partial charge in [0.25, 0.3) is 0 Å². The lowest BCUT2D eigenvalue weighted by Crippen LogP contribution is -2.32. The van der Waals surface area contributed by atoms with Gasteiger partial charge in [0.15, 0.2) is 0 Å². The van der Waals surface area contributed by atoms with E-state index in [2.05, 4.69) is 203 Å². The van der Waals surface area contributed by atoms with E-state index in [9.17, 15) is 0 Å². The van der Waals surface area contributed by atoms with Crippen molar-refractivity contribution in [1.29, 1.82) is 0 Å². The highest BCUT2D eigenvalue weighted by Crippen LogP contribution is 2.63. The molecule has 2 aromatic heterocycles. The Bertz CT molecular complexity index is 3360. The first kappa shape index (κ1) is 30.5. The highest BCUT2D eigenvalue weighted by molar-refractivity contribution is 7.99. The summed E-state index contributed by atoms with van der Waals surface area (Å²) >= 11 is 1.93. The van der Waals surface area contributed by atoms with Crippen molar-refractivity contribution in [2.45, 2.75) is 15.2 Å². The van der Waals surface area contributed by atoms with E-state index in [0.717, 1.165) is 11.4 Å². The second-order valence-corrected chi connectivity index (χ2v) is 16.2. The SMILES string of the molecule is c1ccc2c(c1)Sc1c(ccc3c4c5ccccc5ccc4n(-c4ccc(-n5c6ccccc6c6ccccc65)cc4)c13)C21c2ccccc2-c2ccccc21. The first-order chi connectivity index (χ1) is 27.8. The second-order valence-electron chi connectivity index (χ2n) is 15.2. The molecule has 0 saturated carbocycles. The van der Waals surface area contributed by atoms with E-state index in [1.807, 2.05) is 11.8 Å². The van der Waals surface area contributed by atoms with Crippen LogP contribution in [-0.4, -0.2) is 9.13 Å². The summed E-state index contributed by atoms with van der Waals surface area (Å²) in [4.78, 5) is 2.63. The number of rotatable bonds is 2. The van der Waals surface area contributed by atoms with Crippen molar-refractivity contribution < 1.29 is 0 Å². The maximum absolute atomic E-state index is 2.55. The van der Waals surface area contributed by atoms with E-state index in [4.69, 9.17) is 0 Å². The zero-order valence-electron chi connectivity index (χ0n) is 30.3. The van der Waals surface area contributed by atoms with Crippen LogP contribution in [0.4, 0.5) is 0 Å². The Morgan fingerprint density at radius 3 is 1.61 bits per heavy atom. The van der Waals surface area contributed by atoms with Crippen molar-refractivity contribution in [3.8, 4) is 22.5 Å². The normalized spacial score (nSPS) is 13.8. The van der Waals surface area contributed by atoms with E-state index in [1.165, 1.54) is 97.6 Å². The molecule has 13 rings (SSSR count). The molecule has 0 saturated heterocycles. The van der Waals surface area contributed by atoms with Crippen molar-refractivity contribution >= 4 is 66.1 Å². The Morgan fingerprint density at radius 2 is 0.911 bits per heavy atom. The zero-order chi connectivity index (χ0) is 36.5. The number of hydrogen-bond acceptors (Lipinski definition) is 1. The van der Waals surface area contributed by atoms with Gasteiger partial charge in [0.2, 0.25) is 0 Å². The topological polar surface area (TPSA) is 9.86 Å². The molecule has 2 aliphatic rings. The van der Waals surface area contributed by atoms with Crippen LogP contribution in [0, 0.1) is 0 Å². The molecule has 0 unspecified atom stereocenters. The minimum atomic E-state index is -0.442. The van der Waals surface area contributed by atoms with Crippen molar-refractivity contribution in [1.82, 2.24) is 9.13 Å². The number of nitrogens with zero attached hydrogens (tertiary/aromatic N) is 2. The molecular formula is C53H32N2S. The van der Waals surface area contributed by atoms with Gasteiger partial charge in [-0.25, -0.2) is 0 Å². The summed E-state index contributed by atoms with van der Waals surface area (Å²) in [6.07, 6.45) is 0. The predicted octanol–water partition coefficient (Wildman–Crippen LogP) is 13.9. The summed E-state index contributed by atoms with van der Waals surface area (Å²) < 4.78 is 4.95. The molecule has 1 spiro atoms. The van der Waals surface area contributed by atoms with Crippen LogP contribution in [0.2, 0.25) is 0 Å². The summed E-state index contributed by atoms with van der Waals surface area (Å²) in [5.74, 6) is 0. The van der Waals surface area contributed by atoms with Crippen LogP contribution in [0.3, 0.4) is 0 Å². The van der Waals surface area contributed by atoms with E-state index < -0.39 is 5.41 Å². The lowest BCUT2D eigenvalue weighted by atomic mass is 9.67. The predicted molar refractivity (Wildman–Crippen MR) is 234 cm³/mol.